The number of hydrogen-bond acceptors (Lipinski definition) is 6. The summed E-state index contributed by atoms with van der Waals surface area (Å²) in [6.07, 6.45) is 0. The minimum atomic E-state index is -1.29. The number of ether oxygens (including phenoxy) is 2. The van der Waals surface area contributed by atoms with E-state index in [0.717, 1.165) is 39.1 Å². The lowest BCUT2D eigenvalue weighted by atomic mass is 10.1. The monoisotopic (exact) mass is 522 g/mol. The summed E-state index contributed by atoms with van der Waals surface area (Å²) in [4.78, 5) is 16.0. The third kappa shape index (κ3) is 6.45. The van der Waals surface area contributed by atoms with Gasteiger partial charge in [0, 0.05) is 18.7 Å². The van der Waals surface area contributed by atoms with E-state index in [9.17, 15) is 9.90 Å². The molecule has 4 aromatic carbocycles. The van der Waals surface area contributed by atoms with Crippen LogP contribution in [0.2, 0.25) is 0 Å². The Bertz CT molecular complexity index is 1530. The second-order valence-electron chi connectivity index (χ2n) is 9.74. The number of fused-ring (bicyclic) bond motifs is 1. The highest BCUT2D eigenvalue weighted by Gasteiger charge is 2.29. The van der Waals surface area contributed by atoms with Crippen molar-refractivity contribution in [1.29, 1.82) is 0 Å². The molecule has 5 aromatic rings. The molecule has 39 heavy (non-hydrogen) atoms. The van der Waals surface area contributed by atoms with Crippen LogP contribution in [0.15, 0.2) is 101 Å². The predicted molar refractivity (Wildman–Crippen MR) is 150 cm³/mol. The second-order valence-corrected chi connectivity index (χ2v) is 9.74. The Morgan fingerprint density at radius 3 is 2.33 bits per heavy atom. The number of rotatable bonds is 11. The molecule has 198 valence electrons. The van der Waals surface area contributed by atoms with Crippen LogP contribution in [-0.2, 0) is 24.5 Å². The topological polar surface area (TPSA) is 93.8 Å². The molecule has 0 unspecified atom stereocenters. The number of aliphatic carboxylic acids is 1. The number of carbonyl (C=O) groups is 1. The highest BCUT2D eigenvalue weighted by Crippen LogP contribution is 2.31. The quantitative estimate of drug-likeness (QED) is 0.202. The maximum absolute atomic E-state index is 11.3. The molecule has 7 heteroatoms. The summed E-state index contributed by atoms with van der Waals surface area (Å²) in [5, 5.41) is 12.8. The van der Waals surface area contributed by atoms with Gasteiger partial charge < -0.3 is 24.3 Å². The van der Waals surface area contributed by atoms with E-state index >= 15 is 0 Å². The Morgan fingerprint density at radius 2 is 1.59 bits per heavy atom. The molecule has 0 spiro atoms. The molecule has 0 bridgehead atoms. The van der Waals surface area contributed by atoms with Gasteiger partial charge in [-0.1, -0.05) is 60.7 Å². The number of nitrogens with zero attached hydrogens (tertiary/aromatic N) is 1. The number of nitrogens with one attached hydrogen (secondary N) is 1. The van der Waals surface area contributed by atoms with Gasteiger partial charge in [0.2, 0.25) is 5.89 Å². The lowest BCUT2D eigenvalue weighted by Gasteiger charge is -2.21. The van der Waals surface area contributed by atoms with Gasteiger partial charge in [0.25, 0.3) is 0 Å². The van der Waals surface area contributed by atoms with Crippen molar-refractivity contribution in [3.8, 4) is 23.0 Å². The van der Waals surface area contributed by atoms with Crippen LogP contribution >= 0.6 is 0 Å². The van der Waals surface area contributed by atoms with Gasteiger partial charge in [-0.15, -0.1) is 0 Å². The molecule has 0 saturated carbocycles. The minimum absolute atomic E-state index is 0.467. The zero-order chi connectivity index (χ0) is 27.2. The molecule has 0 saturated heterocycles. The number of aromatic nitrogens is 1. The molecular weight excluding hydrogens is 492 g/mol. The molecule has 2 N–H and O–H groups in total. The first-order valence-corrected chi connectivity index (χ1v) is 12.7. The standard InChI is InChI=1S/C32H30N2O5/c1-32(2,31(35)36)39-25-15-12-22(13-16-25)19-33-20-24-14-17-26(37-21-23-8-4-3-5-9-23)18-27(24)30-34-28-10-6-7-11-29(28)38-30/h3-18,33H,19-21H2,1-2H3,(H,35,36). The number of oxazole rings is 1. The van der Waals surface area contributed by atoms with Gasteiger partial charge in [-0.05, 0) is 66.9 Å². The first kappa shape index (κ1) is 26.0. The van der Waals surface area contributed by atoms with E-state index in [1.165, 1.54) is 13.8 Å². The van der Waals surface area contributed by atoms with Crippen LogP contribution in [0, 0.1) is 0 Å². The second kappa shape index (κ2) is 11.4. The van der Waals surface area contributed by atoms with Crippen LogP contribution in [-0.4, -0.2) is 21.7 Å². The van der Waals surface area contributed by atoms with Crippen molar-refractivity contribution in [2.24, 2.45) is 0 Å². The van der Waals surface area contributed by atoms with E-state index in [2.05, 4.69) is 5.32 Å². The number of benzene rings is 4. The Hall–Kier alpha value is -4.62. The molecule has 0 aliphatic carbocycles. The summed E-state index contributed by atoms with van der Waals surface area (Å²) in [5.41, 5.74) is 4.26. The summed E-state index contributed by atoms with van der Waals surface area (Å²) < 4.78 is 17.8. The highest BCUT2D eigenvalue weighted by atomic mass is 16.5. The molecule has 0 fully saturated rings. The zero-order valence-corrected chi connectivity index (χ0v) is 21.9. The van der Waals surface area contributed by atoms with Crippen LogP contribution in [0.5, 0.6) is 11.5 Å². The summed E-state index contributed by atoms with van der Waals surface area (Å²) in [7, 11) is 0. The maximum Gasteiger partial charge on any atom is 0.347 e. The Kier molecular flexibility index (Phi) is 7.61. The maximum atomic E-state index is 11.3. The lowest BCUT2D eigenvalue weighted by molar-refractivity contribution is -0.152. The van der Waals surface area contributed by atoms with Gasteiger partial charge in [0.15, 0.2) is 11.2 Å². The highest BCUT2D eigenvalue weighted by molar-refractivity contribution is 5.77. The number of carboxylic acids is 1. The van der Waals surface area contributed by atoms with Crippen LogP contribution < -0.4 is 14.8 Å². The fourth-order valence-corrected chi connectivity index (χ4v) is 4.08. The van der Waals surface area contributed by atoms with Crippen LogP contribution in [0.4, 0.5) is 0 Å². The lowest BCUT2D eigenvalue weighted by Crippen LogP contribution is -2.37. The van der Waals surface area contributed by atoms with E-state index in [1.807, 2.05) is 84.9 Å². The van der Waals surface area contributed by atoms with E-state index in [4.69, 9.17) is 18.9 Å². The average molecular weight is 523 g/mol. The third-order valence-electron chi connectivity index (χ3n) is 6.31. The summed E-state index contributed by atoms with van der Waals surface area (Å²) in [6.45, 7) is 4.71. The summed E-state index contributed by atoms with van der Waals surface area (Å²) in [6, 6.07) is 31.1. The molecule has 0 aliphatic rings. The fraction of sp³-hybridized carbons (Fsp3) is 0.188. The molecule has 5 rings (SSSR count). The molecule has 1 aromatic heterocycles. The molecular formula is C32H30N2O5. The Morgan fingerprint density at radius 1 is 0.872 bits per heavy atom. The van der Waals surface area contributed by atoms with Crippen molar-refractivity contribution in [3.63, 3.8) is 0 Å². The van der Waals surface area contributed by atoms with Gasteiger partial charge in [-0.25, -0.2) is 9.78 Å². The van der Waals surface area contributed by atoms with Gasteiger partial charge in [-0.3, -0.25) is 0 Å². The van der Waals surface area contributed by atoms with E-state index in [-0.39, 0.29) is 0 Å². The first-order valence-electron chi connectivity index (χ1n) is 12.7. The number of para-hydroxylation sites is 2. The molecule has 0 aliphatic heterocycles. The normalized spacial score (nSPS) is 11.4. The molecule has 1 heterocycles. The minimum Gasteiger partial charge on any atom is -0.489 e. The molecule has 7 nitrogen and oxygen atoms in total. The molecule has 0 amide bonds. The van der Waals surface area contributed by atoms with Gasteiger partial charge >= 0.3 is 5.97 Å². The Labute approximate surface area is 227 Å². The molecule has 0 radical (unpaired) electrons. The number of carboxylic acid groups (broad SMARTS) is 1. The average Bonchev–Trinajstić information content (AvgIpc) is 3.38. The fourth-order valence-electron chi connectivity index (χ4n) is 4.08. The van der Waals surface area contributed by atoms with Crippen LogP contribution in [0.1, 0.15) is 30.5 Å². The van der Waals surface area contributed by atoms with Crippen LogP contribution in [0.3, 0.4) is 0 Å². The van der Waals surface area contributed by atoms with Crippen molar-refractivity contribution < 1.29 is 23.8 Å². The van der Waals surface area contributed by atoms with Gasteiger partial charge in [0.1, 0.15) is 23.6 Å². The predicted octanol–water partition coefficient (Wildman–Crippen LogP) is 6.61. The van der Waals surface area contributed by atoms with Crippen molar-refractivity contribution in [3.05, 3.63) is 114 Å². The first-order chi connectivity index (χ1) is 18.9. The smallest absolute Gasteiger partial charge is 0.347 e. The number of hydrogen-bond donors (Lipinski definition) is 2. The molecule has 0 atom stereocenters. The third-order valence-corrected chi connectivity index (χ3v) is 6.31. The largest absolute Gasteiger partial charge is 0.489 e. The van der Waals surface area contributed by atoms with Crippen LogP contribution in [0.25, 0.3) is 22.6 Å². The summed E-state index contributed by atoms with van der Waals surface area (Å²) >= 11 is 0. The van der Waals surface area contributed by atoms with Crippen molar-refractivity contribution in [2.45, 2.75) is 39.1 Å². The van der Waals surface area contributed by atoms with E-state index in [0.29, 0.717) is 31.3 Å². The van der Waals surface area contributed by atoms with E-state index in [1.54, 1.807) is 12.1 Å². The van der Waals surface area contributed by atoms with Crippen molar-refractivity contribution in [2.75, 3.05) is 0 Å². The van der Waals surface area contributed by atoms with Gasteiger partial charge in [-0.2, -0.15) is 0 Å². The van der Waals surface area contributed by atoms with Crippen molar-refractivity contribution in [1.82, 2.24) is 10.3 Å². The zero-order valence-electron chi connectivity index (χ0n) is 21.9. The SMILES string of the molecule is CC(C)(Oc1ccc(CNCc2ccc(OCc3ccccc3)cc2-c2nc3ccccc3o2)cc1)C(=O)O. The Balaban J connectivity index is 1.30. The van der Waals surface area contributed by atoms with Crippen molar-refractivity contribution >= 4 is 17.1 Å². The van der Waals surface area contributed by atoms with E-state index < -0.39 is 11.6 Å². The van der Waals surface area contributed by atoms with Gasteiger partial charge in [0.05, 0.1) is 0 Å². The summed E-state index contributed by atoms with van der Waals surface area (Å²) in [5.74, 6) is 0.774.